The van der Waals surface area contributed by atoms with Gasteiger partial charge in [0, 0.05) is 18.3 Å². The number of carbonyl (C=O) groups excluding carboxylic acids is 2. The van der Waals surface area contributed by atoms with Crippen molar-refractivity contribution in [1.82, 2.24) is 4.57 Å². The molecule has 0 radical (unpaired) electrons. The largest absolute Gasteiger partial charge is 0.464 e. The first kappa shape index (κ1) is 15.7. The van der Waals surface area contributed by atoms with Crippen LogP contribution in [0.4, 0.5) is 0 Å². The third-order valence-electron chi connectivity index (χ3n) is 3.52. The van der Waals surface area contributed by atoms with Crippen molar-refractivity contribution in [3.05, 3.63) is 23.5 Å². The van der Waals surface area contributed by atoms with Gasteiger partial charge in [-0.25, -0.2) is 4.79 Å². The van der Waals surface area contributed by atoms with Gasteiger partial charge >= 0.3 is 5.97 Å². The van der Waals surface area contributed by atoms with Crippen molar-refractivity contribution in [2.45, 2.75) is 23.7 Å². The average Bonchev–Trinajstić information content (AvgIpc) is 2.89. The van der Waals surface area contributed by atoms with E-state index in [-0.39, 0.29) is 5.56 Å². The van der Waals surface area contributed by atoms with E-state index < -0.39 is 15.5 Å². The van der Waals surface area contributed by atoms with E-state index in [1.165, 1.54) is 13.2 Å². The number of hydrogen-bond acceptors (Lipinski definition) is 3. The van der Waals surface area contributed by atoms with Gasteiger partial charge in [-0.3, -0.25) is 4.79 Å². The van der Waals surface area contributed by atoms with Crippen LogP contribution >= 0.6 is 34.8 Å². The first-order valence-corrected chi connectivity index (χ1v) is 7.27. The number of halogens is 3. The highest BCUT2D eigenvalue weighted by molar-refractivity contribution is 6.77. The molecule has 7 heteroatoms. The Bertz CT molecular complexity index is 548. The quantitative estimate of drug-likeness (QED) is 0.480. The minimum absolute atomic E-state index is 0.193. The molecule has 1 aromatic heterocycles. The van der Waals surface area contributed by atoms with Gasteiger partial charge in [-0.05, 0) is 24.3 Å². The molecule has 20 heavy (non-hydrogen) atoms. The number of nitrogens with zero attached hydrogens (tertiary/aromatic N) is 1. The van der Waals surface area contributed by atoms with Crippen LogP contribution in [0.3, 0.4) is 0 Å². The molecular formula is C13H14Cl3NO3. The van der Waals surface area contributed by atoms with E-state index in [9.17, 15) is 9.59 Å². The van der Waals surface area contributed by atoms with Gasteiger partial charge in [-0.2, -0.15) is 0 Å². The van der Waals surface area contributed by atoms with E-state index in [0.717, 1.165) is 6.42 Å². The fraction of sp³-hybridized carbons (Fsp3) is 0.538. The molecule has 0 spiro atoms. The summed E-state index contributed by atoms with van der Waals surface area (Å²) in [5.74, 6) is -0.0475. The van der Waals surface area contributed by atoms with Crippen LogP contribution in [0.5, 0.6) is 0 Å². The molecule has 0 saturated heterocycles. The highest BCUT2D eigenvalue weighted by Gasteiger charge is 2.36. The SMILES string of the molecule is COC(=O)c1cc(C(=O)C(Cl)(Cl)Cl)cn1CC1CC1C. The number of methoxy groups -OCH3 is 1. The van der Waals surface area contributed by atoms with Gasteiger partial charge in [0.25, 0.3) is 3.79 Å². The second kappa shape index (κ2) is 5.58. The molecule has 2 unspecified atom stereocenters. The van der Waals surface area contributed by atoms with Gasteiger partial charge in [-0.1, -0.05) is 41.7 Å². The summed E-state index contributed by atoms with van der Waals surface area (Å²) in [6, 6.07) is 1.41. The molecule has 2 atom stereocenters. The summed E-state index contributed by atoms with van der Waals surface area (Å²) in [4.78, 5) is 23.7. The van der Waals surface area contributed by atoms with E-state index >= 15 is 0 Å². The van der Waals surface area contributed by atoms with Crippen LogP contribution in [-0.4, -0.2) is 27.2 Å². The van der Waals surface area contributed by atoms with Gasteiger partial charge in [0.2, 0.25) is 5.78 Å². The first-order valence-electron chi connectivity index (χ1n) is 6.14. The molecule has 0 aromatic carbocycles. The highest BCUT2D eigenvalue weighted by atomic mass is 35.6. The van der Waals surface area contributed by atoms with Crippen molar-refractivity contribution >= 4 is 46.6 Å². The molecule has 0 amide bonds. The van der Waals surface area contributed by atoms with Gasteiger partial charge in [-0.15, -0.1) is 0 Å². The number of ketones is 1. The monoisotopic (exact) mass is 337 g/mol. The van der Waals surface area contributed by atoms with Crippen molar-refractivity contribution in [1.29, 1.82) is 0 Å². The van der Waals surface area contributed by atoms with Crippen molar-refractivity contribution in [3.63, 3.8) is 0 Å². The van der Waals surface area contributed by atoms with Crippen molar-refractivity contribution in [3.8, 4) is 0 Å². The Balaban J connectivity index is 2.31. The number of ether oxygens (including phenoxy) is 1. The molecule has 1 aliphatic carbocycles. The average molecular weight is 339 g/mol. The summed E-state index contributed by atoms with van der Waals surface area (Å²) in [6.07, 6.45) is 2.65. The molecule has 0 aliphatic heterocycles. The number of carbonyl (C=O) groups is 2. The minimum Gasteiger partial charge on any atom is -0.464 e. The molecule has 0 bridgehead atoms. The molecule has 1 aliphatic rings. The zero-order chi connectivity index (χ0) is 15.1. The van der Waals surface area contributed by atoms with Crippen LogP contribution in [0.25, 0.3) is 0 Å². The second-order valence-electron chi connectivity index (χ2n) is 5.06. The standard InChI is InChI=1S/C13H14Cl3NO3/c1-7-3-8(7)5-17-6-9(11(18)13(14,15)16)4-10(17)12(19)20-2/h4,6-8H,3,5H2,1-2H3. The molecule has 1 aromatic rings. The van der Waals surface area contributed by atoms with Crippen molar-refractivity contribution in [2.75, 3.05) is 7.11 Å². The van der Waals surface area contributed by atoms with Crippen molar-refractivity contribution < 1.29 is 14.3 Å². The number of esters is 1. The predicted molar refractivity (Wildman–Crippen MR) is 77.7 cm³/mol. The van der Waals surface area contributed by atoms with Crippen LogP contribution in [0.15, 0.2) is 12.3 Å². The number of Topliss-reactive ketones (excluding diaryl/α,β-unsaturated/α-hetero) is 1. The smallest absolute Gasteiger partial charge is 0.354 e. The molecule has 0 N–H and O–H groups in total. The van der Waals surface area contributed by atoms with Crippen LogP contribution < -0.4 is 0 Å². The highest BCUT2D eigenvalue weighted by Crippen LogP contribution is 2.39. The lowest BCUT2D eigenvalue weighted by Gasteiger charge is -2.07. The van der Waals surface area contributed by atoms with Crippen LogP contribution in [0.1, 0.15) is 34.2 Å². The predicted octanol–water partition coefficient (Wildman–Crippen LogP) is 3.48. The van der Waals surface area contributed by atoms with Crippen LogP contribution in [0.2, 0.25) is 0 Å². The Kier molecular flexibility index (Phi) is 4.38. The maximum absolute atomic E-state index is 11.9. The van der Waals surface area contributed by atoms with Gasteiger partial charge in [0.05, 0.1) is 7.11 Å². The normalized spacial score (nSPS) is 21.6. The van der Waals surface area contributed by atoms with Crippen molar-refractivity contribution in [2.24, 2.45) is 11.8 Å². The fourth-order valence-corrected chi connectivity index (χ4v) is 2.46. The third kappa shape index (κ3) is 3.30. The zero-order valence-corrected chi connectivity index (χ0v) is 13.3. The Morgan fingerprint density at radius 3 is 2.50 bits per heavy atom. The summed E-state index contributed by atoms with van der Waals surface area (Å²) in [6.45, 7) is 2.79. The lowest BCUT2D eigenvalue weighted by Crippen LogP contribution is -2.18. The van der Waals surface area contributed by atoms with Crippen LogP contribution in [-0.2, 0) is 11.3 Å². The fourth-order valence-electron chi connectivity index (χ4n) is 2.13. The summed E-state index contributed by atoms with van der Waals surface area (Å²) >= 11 is 16.8. The third-order valence-corrected chi connectivity index (χ3v) is 4.03. The molecule has 1 fully saturated rings. The molecule has 4 nitrogen and oxygen atoms in total. The zero-order valence-electron chi connectivity index (χ0n) is 11.0. The van der Waals surface area contributed by atoms with Gasteiger partial charge < -0.3 is 9.30 Å². The lowest BCUT2D eigenvalue weighted by molar-refractivity contribution is 0.0588. The maximum atomic E-state index is 11.9. The number of alkyl halides is 3. The number of rotatable bonds is 4. The summed E-state index contributed by atoms with van der Waals surface area (Å²) in [7, 11) is 1.29. The van der Waals surface area contributed by atoms with E-state index in [2.05, 4.69) is 6.92 Å². The summed E-state index contributed by atoms with van der Waals surface area (Å²) in [5, 5.41) is 0. The Morgan fingerprint density at radius 2 is 2.05 bits per heavy atom. The Labute approximate surface area is 131 Å². The minimum atomic E-state index is -2.04. The second-order valence-corrected chi connectivity index (χ2v) is 7.34. The van der Waals surface area contributed by atoms with Gasteiger partial charge in [0.1, 0.15) is 5.69 Å². The Hall–Kier alpha value is -0.710. The number of hydrogen-bond donors (Lipinski definition) is 0. The molecule has 110 valence electrons. The summed E-state index contributed by atoms with van der Waals surface area (Å²) in [5.41, 5.74) is 0.489. The molecule has 1 saturated carbocycles. The van der Waals surface area contributed by atoms with E-state index in [1.54, 1.807) is 10.8 Å². The van der Waals surface area contributed by atoms with E-state index in [0.29, 0.717) is 24.1 Å². The van der Waals surface area contributed by atoms with Gasteiger partial charge in [0.15, 0.2) is 0 Å². The topological polar surface area (TPSA) is 48.3 Å². The number of aromatic nitrogens is 1. The molecule has 2 rings (SSSR count). The first-order chi connectivity index (χ1) is 9.24. The maximum Gasteiger partial charge on any atom is 0.354 e. The molecule has 1 heterocycles. The lowest BCUT2D eigenvalue weighted by atomic mass is 10.2. The molecular weight excluding hydrogens is 325 g/mol. The van der Waals surface area contributed by atoms with E-state index in [1.807, 2.05) is 0 Å². The van der Waals surface area contributed by atoms with Crippen LogP contribution in [0, 0.1) is 11.8 Å². The van der Waals surface area contributed by atoms with E-state index in [4.69, 9.17) is 39.5 Å². The summed E-state index contributed by atoms with van der Waals surface area (Å²) < 4.78 is 4.38. The Morgan fingerprint density at radius 1 is 1.45 bits per heavy atom.